The van der Waals surface area contributed by atoms with Gasteiger partial charge in [0.1, 0.15) is 6.33 Å². The topological polar surface area (TPSA) is 50.7 Å². The van der Waals surface area contributed by atoms with Crippen molar-refractivity contribution in [3.63, 3.8) is 0 Å². The number of nitrogens with zero attached hydrogens (tertiary/aromatic N) is 3. The minimum Gasteiger partial charge on any atom is -0.306 e. The molecule has 0 amide bonds. The Morgan fingerprint density at radius 2 is 1.83 bits per heavy atom. The number of pyridine rings is 1. The smallest absolute Gasteiger partial charge is 0.115 e. The normalized spacial score (nSPS) is 12.3. The van der Waals surface area contributed by atoms with Crippen molar-refractivity contribution in [3.05, 3.63) is 52.8 Å². The fourth-order valence-corrected chi connectivity index (χ4v) is 2.15. The Hall–Kier alpha value is -1.33. The number of hydrogen-bond donors (Lipinski definition) is 1. The van der Waals surface area contributed by atoms with Crippen LogP contribution in [0.15, 0.2) is 41.7 Å². The predicted molar refractivity (Wildman–Crippen MR) is 74.1 cm³/mol. The van der Waals surface area contributed by atoms with Gasteiger partial charge >= 0.3 is 0 Å². The summed E-state index contributed by atoms with van der Waals surface area (Å²) in [4.78, 5) is 12.4. The maximum Gasteiger partial charge on any atom is 0.115 e. The number of rotatable bonds is 5. The summed E-state index contributed by atoms with van der Waals surface area (Å²) in [5.41, 5.74) is 2.15. The SMILES string of the molecule is CCCNC(c1cncnc1)c1cncc(Br)c1. The Morgan fingerprint density at radius 3 is 2.50 bits per heavy atom. The zero-order valence-electron chi connectivity index (χ0n) is 10.2. The molecule has 0 spiro atoms. The first kappa shape index (κ1) is 13.1. The second-order valence-electron chi connectivity index (χ2n) is 4.00. The van der Waals surface area contributed by atoms with Gasteiger partial charge in [-0.3, -0.25) is 4.98 Å². The van der Waals surface area contributed by atoms with Crippen LogP contribution in [-0.2, 0) is 0 Å². The maximum absolute atomic E-state index is 4.21. The molecule has 0 saturated carbocycles. The number of aromatic nitrogens is 3. The van der Waals surface area contributed by atoms with Crippen molar-refractivity contribution < 1.29 is 0 Å². The molecule has 5 heteroatoms. The van der Waals surface area contributed by atoms with E-state index in [0.29, 0.717) is 0 Å². The number of halogens is 1. The first-order valence-electron chi connectivity index (χ1n) is 5.90. The first-order valence-corrected chi connectivity index (χ1v) is 6.69. The molecule has 1 N–H and O–H groups in total. The summed E-state index contributed by atoms with van der Waals surface area (Å²) >= 11 is 3.45. The van der Waals surface area contributed by atoms with E-state index in [1.165, 1.54) is 0 Å². The van der Waals surface area contributed by atoms with Crippen molar-refractivity contribution in [1.82, 2.24) is 20.3 Å². The lowest BCUT2D eigenvalue weighted by Crippen LogP contribution is -2.23. The van der Waals surface area contributed by atoms with Crippen molar-refractivity contribution in [1.29, 1.82) is 0 Å². The van der Waals surface area contributed by atoms with E-state index in [0.717, 1.165) is 28.6 Å². The molecule has 4 nitrogen and oxygen atoms in total. The second kappa shape index (κ2) is 6.56. The lowest BCUT2D eigenvalue weighted by atomic mass is 10.0. The van der Waals surface area contributed by atoms with E-state index in [4.69, 9.17) is 0 Å². The maximum atomic E-state index is 4.21. The summed E-state index contributed by atoms with van der Waals surface area (Å²) in [5.74, 6) is 0. The van der Waals surface area contributed by atoms with Gasteiger partial charge < -0.3 is 5.32 Å². The van der Waals surface area contributed by atoms with E-state index in [1.54, 1.807) is 12.5 Å². The predicted octanol–water partition coefficient (Wildman–Crippen LogP) is 2.72. The van der Waals surface area contributed by atoms with Crippen molar-refractivity contribution in [2.45, 2.75) is 19.4 Å². The molecule has 0 aliphatic rings. The zero-order valence-corrected chi connectivity index (χ0v) is 11.8. The molecule has 2 aromatic rings. The zero-order chi connectivity index (χ0) is 12.8. The van der Waals surface area contributed by atoms with Gasteiger partial charge in [0.05, 0.1) is 6.04 Å². The Morgan fingerprint density at radius 1 is 1.11 bits per heavy atom. The van der Waals surface area contributed by atoms with Gasteiger partial charge in [0.2, 0.25) is 0 Å². The van der Waals surface area contributed by atoms with E-state index >= 15 is 0 Å². The molecule has 0 bridgehead atoms. The van der Waals surface area contributed by atoms with Gasteiger partial charge in [-0.25, -0.2) is 9.97 Å². The molecular formula is C13H15BrN4. The molecule has 0 aliphatic carbocycles. The quantitative estimate of drug-likeness (QED) is 0.923. The molecule has 0 saturated heterocycles. The summed E-state index contributed by atoms with van der Waals surface area (Å²) in [5, 5.41) is 3.49. The third-order valence-electron chi connectivity index (χ3n) is 2.57. The second-order valence-corrected chi connectivity index (χ2v) is 4.91. The Kier molecular flexibility index (Phi) is 4.78. The Labute approximate surface area is 115 Å². The lowest BCUT2D eigenvalue weighted by Gasteiger charge is -2.18. The molecule has 0 fully saturated rings. The van der Waals surface area contributed by atoms with Gasteiger partial charge in [-0.2, -0.15) is 0 Å². The summed E-state index contributed by atoms with van der Waals surface area (Å²) in [6.45, 7) is 3.08. The highest BCUT2D eigenvalue weighted by atomic mass is 79.9. The van der Waals surface area contributed by atoms with Crippen LogP contribution in [0, 0.1) is 0 Å². The van der Waals surface area contributed by atoms with Crippen molar-refractivity contribution in [2.24, 2.45) is 0 Å². The minimum absolute atomic E-state index is 0.0798. The third-order valence-corrected chi connectivity index (χ3v) is 3.01. The van der Waals surface area contributed by atoms with Crippen molar-refractivity contribution in [3.8, 4) is 0 Å². The fourth-order valence-electron chi connectivity index (χ4n) is 1.76. The number of nitrogens with one attached hydrogen (secondary N) is 1. The van der Waals surface area contributed by atoms with Gasteiger partial charge in [0, 0.05) is 34.8 Å². The van der Waals surface area contributed by atoms with Crippen LogP contribution < -0.4 is 5.32 Å². The van der Waals surface area contributed by atoms with Crippen molar-refractivity contribution in [2.75, 3.05) is 6.54 Å². The van der Waals surface area contributed by atoms with E-state index in [1.807, 2.05) is 18.6 Å². The molecule has 94 valence electrons. The Balaban J connectivity index is 2.31. The molecule has 0 aromatic carbocycles. The van der Waals surface area contributed by atoms with Crippen LogP contribution in [0.2, 0.25) is 0 Å². The molecule has 2 aromatic heterocycles. The Bertz CT molecular complexity index is 489. The summed E-state index contributed by atoms with van der Waals surface area (Å²) < 4.78 is 0.972. The molecule has 18 heavy (non-hydrogen) atoms. The summed E-state index contributed by atoms with van der Waals surface area (Å²) in [6.07, 6.45) is 9.93. The molecule has 1 unspecified atom stereocenters. The van der Waals surface area contributed by atoms with Crippen molar-refractivity contribution >= 4 is 15.9 Å². The van der Waals surface area contributed by atoms with E-state index in [2.05, 4.69) is 49.2 Å². The molecule has 1 atom stereocenters. The van der Waals surface area contributed by atoms with Crippen LogP contribution in [-0.4, -0.2) is 21.5 Å². The van der Waals surface area contributed by atoms with Crippen LogP contribution in [0.4, 0.5) is 0 Å². The van der Waals surface area contributed by atoms with E-state index in [-0.39, 0.29) is 6.04 Å². The van der Waals surface area contributed by atoms with Gasteiger partial charge in [-0.15, -0.1) is 0 Å². The minimum atomic E-state index is 0.0798. The molecular weight excluding hydrogens is 292 g/mol. The first-order chi connectivity index (χ1) is 8.81. The van der Waals surface area contributed by atoms with Gasteiger partial charge in [0.15, 0.2) is 0 Å². The van der Waals surface area contributed by atoms with Gasteiger partial charge in [0.25, 0.3) is 0 Å². The van der Waals surface area contributed by atoms with Gasteiger partial charge in [-0.1, -0.05) is 6.92 Å². The van der Waals surface area contributed by atoms with Crippen LogP contribution in [0.5, 0.6) is 0 Å². The largest absolute Gasteiger partial charge is 0.306 e. The van der Waals surface area contributed by atoms with Crippen LogP contribution >= 0.6 is 15.9 Å². The summed E-state index contributed by atoms with van der Waals surface area (Å²) in [7, 11) is 0. The van der Waals surface area contributed by atoms with E-state index < -0.39 is 0 Å². The third kappa shape index (κ3) is 3.34. The highest BCUT2D eigenvalue weighted by molar-refractivity contribution is 9.10. The molecule has 0 aliphatic heterocycles. The lowest BCUT2D eigenvalue weighted by molar-refractivity contribution is 0.593. The van der Waals surface area contributed by atoms with E-state index in [9.17, 15) is 0 Å². The summed E-state index contributed by atoms with van der Waals surface area (Å²) in [6, 6.07) is 2.14. The fraction of sp³-hybridized carbons (Fsp3) is 0.308. The van der Waals surface area contributed by atoms with Crippen LogP contribution in [0.1, 0.15) is 30.5 Å². The monoisotopic (exact) mass is 306 g/mol. The highest BCUT2D eigenvalue weighted by Gasteiger charge is 2.14. The van der Waals surface area contributed by atoms with Crippen LogP contribution in [0.25, 0.3) is 0 Å². The molecule has 2 rings (SSSR count). The highest BCUT2D eigenvalue weighted by Crippen LogP contribution is 2.22. The average molecular weight is 307 g/mol. The standard InChI is InChI=1S/C13H15BrN4/c1-2-3-18-13(11-6-16-9-17-7-11)10-4-12(14)8-15-5-10/h4-9,13,18H,2-3H2,1H3. The average Bonchev–Trinajstić information content (AvgIpc) is 2.40. The van der Waals surface area contributed by atoms with Gasteiger partial charge in [-0.05, 0) is 40.5 Å². The van der Waals surface area contributed by atoms with Crippen LogP contribution in [0.3, 0.4) is 0 Å². The molecule has 2 heterocycles. The molecule has 0 radical (unpaired) electrons. The number of hydrogen-bond acceptors (Lipinski definition) is 4.